The molecule has 0 amide bonds. The van der Waals surface area contributed by atoms with Crippen molar-refractivity contribution in [1.29, 1.82) is 0 Å². The first-order valence-electron chi connectivity index (χ1n) is 12.5. The molecule has 1 heteroatoms. The minimum atomic E-state index is 0.665. The molecule has 1 saturated heterocycles. The zero-order valence-corrected chi connectivity index (χ0v) is 21.2. The molecule has 1 heterocycles. The van der Waals surface area contributed by atoms with Gasteiger partial charge in [0.1, 0.15) is 0 Å². The average Bonchev–Trinajstić information content (AvgIpc) is 3.57. The Morgan fingerprint density at radius 3 is 2.27 bits per heavy atom. The van der Waals surface area contributed by atoms with Crippen molar-refractivity contribution in [2.45, 2.75) is 99.8 Å². The van der Waals surface area contributed by atoms with Crippen molar-refractivity contribution in [2.75, 3.05) is 11.4 Å². The summed E-state index contributed by atoms with van der Waals surface area (Å²) in [6, 6.07) is 9.20. The summed E-state index contributed by atoms with van der Waals surface area (Å²) in [5, 5.41) is 0. The summed E-state index contributed by atoms with van der Waals surface area (Å²) < 4.78 is 0. The Labute approximate surface area is 188 Å². The molecule has 0 radical (unpaired) electrons. The van der Waals surface area contributed by atoms with Gasteiger partial charge in [-0.15, -0.1) is 6.58 Å². The average molecular weight is 412 g/mol. The molecule has 1 saturated carbocycles. The molecule has 1 aliphatic heterocycles. The fourth-order valence-corrected chi connectivity index (χ4v) is 4.50. The van der Waals surface area contributed by atoms with Crippen molar-refractivity contribution >= 4 is 5.69 Å². The lowest BCUT2D eigenvalue weighted by Crippen LogP contribution is -2.27. The molecule has 2 unspecified atom stereocenters. The van der Waals surface area contributed by atoms with E-state index >= 15 is 0 Å². The fourth-order valence-electron chi connectivity index (χ4n) is 4.50. The lowest BCUT2D eigenvalue weighted by molar-refractivity contribution is 0.231. The lowest BCUT2D eigenvalue weighted by atomic mass is 9.77. The first kappa shape index (κ1) is 26.5. The van der Waals surface area contributed by atoms with E-state index in [2.05, 4.69) is 70.0 Å². The first-order chi connectivity index (χ1) is 14.3. The van der Waals surface area contributed by atoms with Crippen LogP contribution in [-0.4, -0.2) is 6.54 Å². The van der Waals surface area contributed by atoms with Crippen LogP contribution in [0.2, 0.25) is 0 Å². The molecule has 170 valence electrons. The molecule has 30 heavy (non-hydrogen) atoms. The summed E-state index contributed by atoms with van der Waals surface area (Å²) in [5.41, 5.74) is 6.05. The molecular formula is C29H49N. The van der Waals surface area contributed by atoms with E-state index < -0.39 is 0 Å². The second kappa shape index (κ2) is 13.0. The summed E-state index contributed by atoms with van der Waals surface area (Å²) in [6.07, 6.45) is 10.3. The molecule has 3 rings (SSSR count). The van der Waals surface area contributed by atoms with Crippen LogP contribution in [0, 0.1) is 17.3 Å². The minimum absolute atomic E-state index is 0.665. The monoisotopic (exact) mass is 411 g/mol. The number of nitrogens with zero attached hydrogens (tertiary/aromatic N) is 1. The maximum absolute atomic E-state index is 4.27. The lowest BCUT2D eigenvalue weighted by Gasteiger charge is -2.32. The van der Waals surface area contributed by atoms with Crippen molar-refractivity contribution < 1.29 is 0 Å². The van der Waals surface area contributed by atoms with Crippen molar-refractivity contribution in [1.82, 2.24) is 0 Å². The van der Waals surface area contributed by atoms with Crippen LogP contribution in [0.1, 0.15) is 99.0 Å². The third-order valence-electron chi connectivity index (χ3n) is 7.28. The molecular weight excluding hydrogens is 362 g/mol. The summed E-state index contributed by atoms with van der Waals surface area (Å²) in [7, 11) is 0. The van der Waals surface area contributed by atoms with E-state index in [1.165, 1.54) is 61.0 Å². The summed E-state index contributed by atoms with van der Waals surface area (Å²) in [5.74, 6) is 1.60. The Bertz CT molecular complexity index is 652. The summed E-state index contributed by atoms with van der Waals surface area (Å²) in [4.78, 5) is 2.43. The van der Waals surface area contributed by atoms with Gasteiger partial charge in [0.05, 0.1) is 0 Å². The summed E-state index contributed by atoms with van der Waals surface area (Å²) >= 11 is 0. The number of piperidine rings is 1. The van der Waals surface area contributed by atoms with E-state index in [4.69, 9.17) is 0 Å². The molecule has 0 bridgehead atoms. The SMILES string of the molecule is C=C(C)CC.C=C1CCCCN1c1cccc(CC(C)C(C)C2(CC)CC2)c1.CC. The second-order valence-corrected chi connectivity index (χ2v) is 9.34. The van der Waals surface area contributed by atoms with Gasteiger partial charge in [-0.3, -0.25) is 0 Å². The minimum Gasteiger partial charge on any atom is -0.346 e. The molecule has 0 N–H and O–H groups in total. The highest BCUT2D eigenvalue weighted by Crippen LogP contribution is 2.57. The smallest absolute Gasteiger partial charge is 0.0410 e. The van der Waals surface area contributed by atoms with Gasteiger partial charge in [0.15, 0.2) is 0 Å². The van der Waals surface area contributed by atoms with Gasteiger partial charge in [-0.25, -0.2) is 0 Å². The fraction of sp³-hybridized carbons (Fsp3) is 0.655. The number of rotatable bonds is 7. The molecule has 0 spiro atoms. The van der Waals surface area contributed by atoms with Gasteiger partial charge in [-0.05, 0) is 86.8 Å². The summed E-state index contributed by atoms with van der Waals surface area (Å²) in [6.45, 7) is 24.5. The third kappa shape index (κ3) is 7.64. The highest BCUT2D eigenvalue weighted by molar-refractivity contribution is 5.53. The Balaban J connectivity index is 0.000000565. The van der Waals surface area contributed by atoms with Gasteiger partial charge in [0, 0.05) is 17.9 Å². The van der Waals surface area contributed by atoms with Gasteiger partial charge in [-0.1, -0.05) is 72.2 Å². The second-order valence-electron chi connectivity index (χ2n) is 9.34. The Kier molecular flexibility index (Phi) is 11.5. The van der Waals surface area contributed by atoms with Gasteiger partial charge in [-0.2, -0.15) is 0 Å². The van der Waals surface area contributed by atoms with Crippen LogP contribution >= 0.6 is 0 Å². The highest BCUT2D eigenvalue weighted by Gasteiger charge is 2.46. The van der Waals surface area contributed by atoms with E-state index in [0.29, 0.717) is 5.41 Å². The van der Waals surface area contributed by atoms with Crippen molar-refractivity contribution in [3.63, 3.8) is 0 Å². The predicted octanol–water partition coefficient (Wildman–Crippen LogP) is 9.19. The van der Waals surface area contributed by atoms with Crippen LogP contribution in [0.15, 0.2) is 48.7 Å². The molecule has 1 aromatic carbocycles. The predicted molar refractivity (Wildman–Crippen MR) is 137 cm³/mol. The van der Waals surface area contributed by atoms with Gasteiger partial charge in [0.2, 0.25) is 0 Å². The van der Waals surface area contributed by atoms with Crippen LogP contribution in [-0.2, 0) is 6.42 Å². The van der Waals surface area contributed by atoms with Crippen molar-refractivity contribution in [3.8, 4) is 0 Å². The van der Waals surface area contributed by atoms with E-state index in [-0.39, 0.29) is 0 Å². The standard InChI is InChI=1S/C22H33N.C5H10.C2H6/c1-5-22(12-13-22)19(4)17(2)15-20-10-8-11-21(16-20)23-14-7-6-9-18(23)3;1-4-5(2)3;1-2/h8,10-11,16-17,19H,3,5-7,9,12-15H2,1-2,4H3;2,4H2,1,3H3;1-2H3. The molecule has 2 fully saturated rings. The van der Waals surface area contributed by atoms with Crippen LogP contribution < -0.4 is 4.90 Å². The molecule has 1 nitrogen and oxygen atoms in total. The number of hydrogen-bond acceptors (Lipinski definition) is 1. The Hall–Kier alpha value is -1.50. The number of allylic oxidation sites excluding steroid dienone is 2. The van der Waals surface area contributed by atoms with Crippen molar-refractivity contribution in [3.05, 3.63) is 54.3 Å². The zero-order chi connectivity index (χ0) is 22.7. The van der Waals surface area contributed by atoms with E-state index in [0.717, 1.165) is 31.2 Å². The van der Waals surface area contributed by atoms with Gasteiger partial charge >= 0.3 is 0 Å². The molecule has 2 atom stereocenters. The zero-order valence-electron chi connectivity index (χ0n) is 21.2. The first-order valence-corrected chi connectivity index (χ1v) is 12.5. The van der Waals surface area contributed by atoms with E-state index in [9.17, 15) is 0 Å². The third-order valence-corrected chi connectivity index (χ3v) is 7.28. The number of hydrogen-bond donors (Lipinski definition) is 0. The van der Waals surface area contributed by atoms with Crippen LogP contribution in [0.5, 0.6) is 0 Å². The molecule has 1 aromatic rings. The van der Waals surface area contributed by atoms with Crippen LogP contribution in [0.4, 0.5) is 5.69 Å². The van der Waals surface area contributed by atoms with Gasteiger partial charge < -0.3 is 4.90 Å². The number of anilines is 1. The quantitative estimate of drug-likeness (QED) is 0.404. The van der Waals surface area contributed by atoms with E-state index in [1.807, 2.05) is 20.8 Å². The van der Waals surface area contributed by atoms with Gasteiger partial charge in [0.25, 0.3) is 0 Å². The molecule has 1 aliphatic carbocycles. The van der Waals surface area contributed by atoms with E-state index in [1.54, 1.807) is 0 Å². The molecule has 2 aliphatic rings. The Morgan fingerprint density at radius 2 is 1.77 bits per heavy atom. The topological polar surface area (TPSA) is 3.24 Å². The van der Waals surface area contributed by atoms with Crippen molar-refractivity contribution in [2.24, 2.45) is 17.3 Å². The normalized spacial score (nSPS) is 18.9. The maximum atomic E-state index is 4.27. The maximum Gasteiger partial charge on any atom is 0.0410 e. The molecule has 0 aromatic heterocycles. The van der Waals surface area contributed by atoms with Crippen LogP contribution in [0.25, 0.3) is 0 Å². The van der Waals surface area contributed by atoms with Crippen LogP contribution in [0.3, 0.4) is 0 Å². The Morgan fingerprint density at radius 1 is 1.13 bits per heavy atom. The highest BCUT2D eigenvalue weighted by atomic mass is 15.1. The largest absolute Gasteiger partial charge is 0.346 e. The number of benzene rings is 1.